The molecule has 1 aromatic carbocycles. The zero-order valence-electron chi connectivity index (χ0n) is 17.9. The van der Waals surface area contributed by atoms with Crippen LogP contribution in [0.15, 0.2) is 18.2 Å². The largest absolute Gasteiger partial charge is 0.496 e. The van der Waals surface area contributed by atoms with Crippen molar-refractivity contribution in [3.63, 3.8) is 0 Å². The van der Waals surface area contributed by atoms with E-state index in [1.54, 1.807) is 7.11 Å². The first-order valence-electron chi connectivity index (χ1n) is 11.2. The zero-order valence-corrected chi connectivity index (χ0v) is 17.9. The number of benzene rings is 1. The number of fused-ring (bicyclic) bond motifs is 1. The summed E-state index contributed by atoms with van der Waals surface area (Å²) in [4.78, 5) is 7.82. The van der Waals surface area contributed by atoms with Gasteiger partial charge in [-0.3, -0.25) is 14.7 Å². The van der Waals surface area contributed by atoms with Crippen LogP contribution in [0.1, 0.15) is 37.8 Å². The Bertz CT molecular complexity index is 645. The summed E-state index contributed by atoms with van der Waals surface area (Å²) in [5.41, 5.74) is 2.70. The minimum atomic E-state index is 0.571. The van der Waals surface area contributed by atoms with Crippen LogP contribution in [0.2, 0.25) is 0 Å². The smallest absolute Gasteiger partial charge is 0.123 e. The summed E-state index contributed by atoms with van der Waals surface area (Å²) < 4.78 is 11.6. The van der Waals surface area contributed by atoms with Gasteiger partial charge >= 0.3 is 0 Å². The molecule has 2 heterocycles. The molecular weight excluding hydrogens is 350 g/mol. The highest BCUT2D eigenvalue weighted by Gasteiger charge is 2.42. The molecule has 1 saturated carbocycles. The van der Waals surface area contributed by atoms with Crippen molar-refractivity contribution < 1.29 is 9.47 Å². The second kappa shape index (κ2) is 9.12. The third kappa shape index (κ3) is 4.54. The summed E-state index contributed by atoms with van der Waals surface area (Å²) in [5.74, 6) is 1.91. The van der Waals surface area contributed by atoms with E-state index in [1.807, 2.05) is 0 Å². The van der Waals surface area contributed by atoms with Gasteiger partial charge in [-0.25, -0.2) is 0 Å². The number of ether oxygens (including phenoxy) is 2. The van der Waals surface area contributed by atoms with Crippen LogP contribution in [-0.2, 0) is 17.8 Å². The monoisotopic (exact) mass is 387 g/mol. The van der Waals surface area contributed by atoms with E-state index in [4.69, 9.17) is 9.47 Å². The summed E-state index contributed by atoms with van der Waals surface area (Å²) in [6, 6.07) is 8.00. The van der Waals surface area contributed by atoms with Crippen molar-refractivity contribution in [2.75, 3.05) is 53.0 Å². The molecule has 3 fully saturated rings. The number of piperazine rings is 1. The van der Waals surface area contributed by atoms with Crippen LogP contribution in [0.25, 0.3) is 0 Å². The number of hydrogen-bond donors (Lipinski definition) is 0. The molecule has 3 aliphatic rings. The van der Waals surface area contributed by atoms with E-state index in [0.717, 1.165) is 64.1 Å². The standard InChI is InChI=1S/C23H37N3O2/c1-4-24(5-2)14-20-12-18(6-9-23(20)27-3)13-25-10-11-26-21(15-25)16-28-17-22(26)19-7-8-19/h6,9,12,19,21-22H,4-5,7-8,10-11,13-17H2,1-3H3/t21-,22-/m1/s1. The lowest BCUT2D eigenvalue weighted by Crippen LogP contribution is -2.62. The van der Waals surface area contributed by atoms with Crippen molar-refractivity contribution in [1.82, 2.24) is 14.7 Å². The van der Waals surface area contributed by atoms with Gasteiger partial charge in [-0.15, -0.1) is 0 Å². The fraction of sp³-hybridized carbons (Fsp3) is 0.739. The van der Waals surface area contributed by atoms with Crippen molar-refractivity contribution >= 4 is 0 Å². The molecule has 1 aliphatic carbocycles. The molecule has 2 aliphatic heterocycles. The molecule has 2 atom stereocenters. The first kappa shape index (κ1) is 20.1. The first-order chi connectivity index (χ1) is 13.7. The Kier molecular flexibility index (Phi) is 6.56. The number of rotatable bonds is 8. The van der Waals surface area contributed by atoms with Gasteiger partial charge in [0.15, 0.2) is 0 Å². The Morgan fingerprint density at radius 1 is 1.14 bits per heavy atom. The lowest BCUT2D eigenvalue weighted by Gasteiger charge is -2.48. The Morgan fingerprint density at radius 3 is 2.68 bits per heavy atom. The molecule has 5 nitrogen and oxygen atoms in total. The molecule has 156 valence electrons. The molecule has 5 heteroatoms. The van der Waals surface area contributed by atoms with Gasteiger partial charge in [-0.2, -0.15) is 0 Å². The van der Waals surface area contributed by atoms with Gasteiger partial charge in [0.25, 0.3) is 0 Å². The van der Waals surface area contributed by atoms with Crippen LogP contribution in [0, 0.1) is 5.92 Å². The third-order valence-corrected chi connectivity index (χ3v) is 6.84. The molecule has 28 heavy (non-hydrogen) atoms. The van der Waals surface area contributed by atoms with Crippen molar-refractivity contribution in [2.24, 2.45) is 5.92 Å². The van der Waals surface area contributed by atoms with Gasteiger partial charge < -0.3 is 9.47 Å². The van der Waals surface area contributed by atoms with Crippen LogP contribution >= 0.6 is 0 Å². The Labute approximate surface area is 170 Å². The van der Waals surface area contributed by atoms with Gasteiger partial charge in [-0.05, 0) is 49.5 Å². The van der Waals surface area contributed by atoms with Crippen LogP contribution in [0.3, 0.4) is 0 Å². The first-order valence-corrected chi connectivity index (χ1v) is 11.2. The molecule has 0 N–H and O–H groups in total. The summed E-state index contributed by atoms with van der Waals surface area (Å²) in [6.45, 7) is 13.9. The van der Waals surface area contributed by atoms with Crippen LogP contribution < -0.4 is 4.74 Å². The third-order valence-electron chi connectivity index (χ3n) is 6.84. The number of morpholine rings is 1. The molecule has 0 unspecified atom stereocenters. The van der Waals surface area contributed by atoms with Crippen LogP contribution in [0.5, 0.6) is 5.75 Å². The molecule has 4 rings (SSSR count). The molecule has 0 radical (unpaired) electrons. The van der Waals surface area contributed by atoms with Gasteiger partial charge in [0, 0.05) is 50.4 Å². The molecule has 1 aromatic rings. The topological polar surface area (TPSA) is 28.2 Å². The second-order valence-corrected chi connectivity index (χ2v) is 8.68. The minimum Gasteiger partial charge on any atom is -0.496 e. The Hall–Kier alpha value is -1.14. The average molecular weight is 388 g/mol. The molecular formula is C23H37N3O2. The summed E-state index contributed by atoms with van der Waals surface area (Å²) in [5, 5.41) is 0. The SMILES string of the molecule is CCN(CC)Cc1cc(CN2CCN3[C@@H](COC[C@@H]3C3CC3)C2)ccc1OC. The lowest BCUT2D eigenvalue weighted by molar-refractivity contribution is -0.0880. The quantitative estimate of drug-likeness (QED) is 0.684. The average Bonchev–Trinajstić information content (AvgIpc) is 3.57. The van der Waals surface area contributed by atoms with Crippen LogP contribution in [0.4, 0.5) is 0 Å². The van der Waals surface area contributed by atoms with E-state index < -0.39 is 0 Å². The zero-order chi connectivity index (χ0) is 19.5. The molecule has 0 spiro atoms. The van der Waals surface area contributed by atoms with Crippen molar-refractivity contribution in [1.29, 1.82) is 0 Å². The van der Waals surface area contributed by atoms with Gasteiger partial charge in [0.2, 0.25) is 0 Å². The predicted octanol–water partition coefficient (Wildman–Crippen LogP) is 2.83. The minimum absolute atomic E-state index is 0.571. The number of hydrogen-bond acceptors (Lipinski definition) is 5. The maximum absolute atomic E-state index is 5.98. The second-order valence-electron chi connectivity index (χ2n) is 8.68. The Morgan fingerprint density at radius 2 is 1.96 bits per heavy atom. The summed E-state index contributed by atoms with van der Waals surface area (Å²) in [7, 11) is 1.78. The van der Waals surface area contributed by atoms with E-state index in [-0.39, 0.29) is 0 Å². The summed E-state index contributed by atoms with van der Waals surface area (Å²) in [6.07, 6.45) is 2.81. The van der Waals surface area contributed by atoms with Crippen molar-refractivity contribution in [3.05, 3.63) is 29.3 Å². The van der Waals surface area contributed by atoms with Gasteiger partial charge in [0.1, 0.15) is 5.75 Å². The van der Waals surface area contributed by atoms with Gasteiger partial charge in [-0.1, -0.05) is 19.9 Å². The van der Waals surface area contributed by atoms with Crippen molar-refractivity contribution in [2.45, 2.75) is 51.9 Å². The normalized spacial score (nSPS) is 26.4. The van der Waals surface area contributed by atoms with Crippen LogP contribution in [-0.4, -0.2) is 79.8 Å². The Balaban J connectivity index is 1.40. The number of nitrogens with zero attached hydrogens (tertiary/aromatic N) is 3. The highest BCUT2D eigenvalue weighted by atomic mass is 16.5. The lowest BCUT2D eigenvalue weighted by atomic mass is 10.0. The molecule has 0 aromatic heterocycles. The van der Waals surface area contributed by atoms with E-state index in [1.165, 1.54) is 30.5 Å². The highest BCUT2D eigenvalue weighted by molar-refractivity contribution is 5.37. The van der Waals surface area contributed by atoms with E-state index in [9.17, 15) is 0 Å². The fourth-order valence-corrected chi connectivity index (χ4v) is 4.97. The predicted molar refractivity (Wildman–Crippen MR) is 113 cm³/mol. The van der Waals surface area contributed by atoms with Gasteiger partial charge in [0.05, 0.1) is 20.3 Å². The van der Waals surface area contributed by atoms with E-state index in [2.05, 4.69) is 46.7 Å². The summed E-state index contributed by atoms with van der Waals surface area (Å²) >= 11 is 0. The van der Waals surface area contributed by atoms with E-state index >= 15 is 0 Å². The highest BCUT2D eigenvalue weighted by Crippen LogP contribution is 2.38. The maximum Gasteiger partial charge on any atom is 0.123 e. The van der Waals surface area contributed by atoms with Crippen molar-refractivity contribution in [3.8, 4) is 5.75 Å². The van der Waals surface area contributed by atoms with E-state index in [0.29, 0.717) is 12.1 Å². The molecule has 0 amide bonds. The fourth-order valence-electron chi connectivity index (χ4n) is 4.97. The molecule has 2 saturated heterocycles. The maximum atomic E-state index is 5.98. The number of methoxy groups -OCH3 is 1. The molecule has 0 bridgehead atoms.